The van der Waals surface area contributed by atoms with E-state index in [1.807, 2.05) is 0 Å². The monoisotopic (exact) mass is 295 g/mol. The van der Waals surface area contributed by atoms with Crippen molar-refractivity contribution < 1.29 is 18.0 Å². The standard InChI is InChI=1S/C14H15F2N3O2/c15-9-2-1-8(11(16)6-9)5-13-18-14(21-19-13)10-7-20-4-3-12(10)17/h1-2,6,10,12H,3-5,7,17H2. The third-order valence-corrected chi connectivity index (χ3v) is 3.57. The molecular formula is C14H15F2N3O2. The van der Waals surface area contributed by atoms with Crippen LogP contribution in [0.4, 0.5) is 8.78 Å². The molecule has 1 aliphatic heterocycles. The van der Waals surface area contributed by atoms with Gasteiger partial charge < -0.3 is 15.0 Å². The van der Waals surface area contributed by atoms with E-state index >= 15 is 0 Å². The maximum atomic E-state index is 13.6. The van der Waals surface area contributed by atoms with Crippen molar-refractivity contribution >= 4 is 0 Å². The third kappa shape index (κ3) is 3.08. The number of ether oxygens (including phenoxy) is 1. The summed E-state index contributed by atoms with van der Waals surface area (Å²) in [5.41, 5.74) is 6.32. The normalized spacial score (nSPS) is 22.4. The molecule has 5 nitrogen and oxygen atoms in total. The second kappa shape index (κ2) is 5.87. The zero-order valence-electron chi connectivity index (χ0n) is 11.3. The smallest absolute Gasteiger partial charge is 0.233 e. The molecule has 0 radical (unpaired) electrons. The lowest BCUT2D eigenvalue weighted by Crippen LogP contribution is -2.37. The highest BCUT2D eigenvalue weighted by Gasteiger charge is 2.29. The van der Waals surface area contributed by atoms with Crippen LogP contribution in [0, 0.1) is 11.6 Å². The summed E-state index contributed by atoms with van der Waals surface area (Å²) in [6.07, 6.45) is 0.868. The summed E-state index contributed by atoms with van der Waals surface area (Å²) in [5.74, 6) is -0.638. The van der Waals surface area contributed by atoms with Crippen LogP contribution in [-0.2, 0) is 11.2 Å². The minimum atomic E-state index is -0.626. The molecular weight excluding hydrogens is 280 g/mol. The van der Waals surface area contributed by atoms with Crippen molar-refractivity contribution in [2.75, 3.05) is 13.2 Å². The largest absolute Gasteiger partial charge is 0.381 e. The number of hydrogen-bond donors (Lipinski definition) is 1. The zero-order chi connectivity index (χ0) is 14.8. The number of benzene rings is 1. The summed E-state index contributed by atoms with van der Waals surface area (Å²) >= 11 is 0. The molecule has 1 aromatic heterocycles. The molecule has 3 rings (SSSR count). The average molecular weight is 295 g/mol. The van der Waals surface area contributed by atoms with Gasteiger partial charge >= 0.3 is 0 Å². The molecule has 1 aromatic carbocycles. The summed E-state index contributed by atoms with van der Waals surface area (Å²) in [5, 5.41) is 3.83. The second-order valence-corrected chi connectivity index (χ2v) is 5.10. The number of nitrogens with zero attached hydrogens (tertiary/aromatic N) is 2. The molecule has 0 aliphatic carbocycles. The van der Waals surface area contributed by atoms with E-state index in [-0.39, 0.29) is 18.4 Å². The minimum absolute atomic E-state index is 0.0883. The highest BCUT2D eigenvalue weighted by molar-refractivity contribution is 5.21. The Bertz CT molecular complexity index is 632. The first-order chi connectivity index (χ1) is 10.1. The van der Waals surface area contributed by atoms with Gasteiger partial charge in [-0.1, -0.05) is 11.2 Å². The molecule has 1 fully saturated rings. The van der Waals surface area contributed by atoms with Gasteiger partial charge in [0.15, 0.2) is 5.82 Å². The predicted octanol–water partition coefficient (Wildman–Crippen LogP) is 1.77. The molecule has 1 aliphatic rings. The maximum absolute atomic E-state index is 13.6. The summed E-state index contributed by atoms with van der Waals surface area (Å²) in [4.78, 5) is 4.24. The SMILES string of the molecule is NC1CCOCC1c1nc(Cc2ccc(F)cc2F)no1. The molecule has 0 spiro atoms. The fourth-order valence-electron chi connectivity index (χ4n) is 2.33. The fourth-order valence-corrected chi connectivity index (χ4v) is 2.33. The summed E-state index contributed by atoms with van der Waals surface area (Å²) in [6, 6.07) is 3.32. The average Bonchev–Trinajstić information content (AvgIpc) is 2.91. The molecule has 21 heavy (non-hydrogen) atoms. The number of hydrogen-bond acceptors (Lipinski definition) is 5. The quantitative estimate of drug-likeness (QED) is 0.934. The Morgan fingerprint density at radius 2 is 2.19 bits per heavy atom. The van der Waals surface area contributed by atoms with Crippen molar-refractivity contribution in [3.63, 3.8) is 0 Å². The van der Waals surface area contributed by atoms with Gasteiger partial charge in [0, 0.05) is 25.1 Å². The maximum Gasteiger partial charge on any atom is 0.233 e. The van der Waals surface area contributed by atoms with Gasteiger partial charge in [0.2, 0.25) is 5.89 Å². The first-order valence-corrected chi connectivity index (χ1v) is 6.73. The number of rotatable bonds is 3. The molecule has 2 atom stereocenters. The van der Waals surface area contributed by atoms with Crippen LogP contribution in [0.1, 0.15) is 29.6 Å². The lowest BCUT2D eigenvalue weighted by molar-refractivity contribution is 0.0590. The Balaban J connectivity index is 1.75. The molecule has 0 bridgehead atoms. The highest BCUT2D eigenvalue weighted by Crippen LogP contribution is 2.23. The lowest BCUT2D eigenvalue weighted by atomic mass is 9.97. The Morgan fingerprint density at radius 1 is 1.33 bits per heavy atom. The Morgan fingerprint density at radius 3 is 2.95 bits per heavy atom. The van der Waals surface area contributed by atoms with E-state index in [2.05, 4.69) is 10.1 Å². The molecule has 0 saturated carbocycles. The van der Waals surface area contributed by atoms with Crippen LogP contribution in [0.2, 0.25) is 0 Å². The first-order valence-electron chi connectivity index (χ1n) is 6.73. The molecule has 7 heteroatoms. The predicted molar refractivity (Wildman–Crippen MR) is 69.6 cm³/mol. The van der Waals surface area contributed by atoms with E-state index in [4.69, 9.17) is 15.0 Å². The fraction of sp³-hybridized carbons (Fsp3) is 0.429. The van der Waals surface area contributed by atoms with E-state index in [9.17, 15) is 8.78 Å². The zero-order valence-corrected chi connectivity index (χ0v) is 11.3. The summed E-state index contributed by atoms with van der Waals surface area (Å²) in [7, 11) is 0. The summed E-state index contributed by atoms with van der Waals surface area (Å²) in [6.45, 7) is 1.06. The van der Waals surface area contributed by atoms with Gasteiger partial charge in [0.05, 0.1) is 12.5 Å². The van der Waals surface area contributed by atoms with Gasteiger partial charge in [-0.25, -0.2) is 8.78 Å². The van der Waals surface area contributed by atoms with Gasteiger partial charge in [0.25, 0.3) is 0 Å². The van der Waals surface area contributed by atoms with E-state index in [0.717, 1.165) is 12.5 Å². The van der Waals surface area contributed by atoms with Gasteiger partial charge in [-0.3, -0.25) is 0 Å². The van der Waals surface area contributed by atoms with Crippen molar-refractivity contribution in [2.45, 2.75) is 24.8 Å². The van der Waals surface area contributed by atoms with Gasteiger partial charge in [-0.15, -0.1) is 0 Å². The van der Waals surface area contributed by atoms with Crippen LogP contribution >= 0.6 is 0 Å². The molecule has 112 valence electrons. The lowest BCUT2D eigenvalue weighted by Gasteiger charge is -2.25. The number of nitrogens with two attached hydrogens (primary N) is 1. The molecule has 2 unspecified atom stereocenters. The van der Waals surface area contributed by atoms with Crippen molar-refractivity contribution in [1.82, 2.24) is 10.1 Å². The highest BCUT2D eigenvalue weighted by atomic mass is 19.1. The second-order valence-electron chi connectivity index (χ2n) is 5.10. The van der Waals surface area contributed by atoms with Gasteiger partial charge in [-0.05, 0) is 18.1 Å². The van der Waals surface area contributed by atoms with E-state index in [1.165, 1.54) is 12.1 Å². The Kier molecular flexibility index (Phi) is 3.94. The van der Waals surface area contributed by atoms with E-state index in [0.29, 0.717) is 30.5 Å². The van der Waals surface area contributed by atoms with Crippen LogP contribution < -0.4 is 5.73 Å². The Labute approximate surface area is 120 Å². The number of aromatic nitrogens is 2. The van der Waals surface area contributed by atoms with Crippen molar-refractivity contribution in [3.8, 4) is 0 Å². The first kappa shape index (κ1) is 14.1. The van der Waals surface area contributed by atoms with E-state index in [1.54, 1.807) is 0 Å². The number of halogens is 2. The van der Waals surface area contributed by atoms with Gasteiger partial charge in [-0.2, -0.15) is 4.98 Å². The molecule has 1 saturated heterocycles. The van der Waals surface area contributed by atoms with Crippen LogP contribution in [0.3, 0.4) is 0 Å². The Hall–Kier alpha value is -1.86. The van der Waals surface area contributed by atoms with Gasteiger partial charge in [0.1, 0.15) is 11.6 Å². The van der Waals surface area contributed by atoms with Crippen LogP contribution in [-0.4, -0.2) is 29.4 Å². The van der Waals surface area contributed by atoms with Crippen LogP contribution in [0.15, 0.2) is 22.7 Å². The summed E-state index contributed by atoms with van der Waals surface area (Å²) < 4.78 is 37.0. The van der Waals surface area contributed by atoms with Crippen molar-refractivity contribution in [1.29, 1.82) is 0 Å². The minimum Gasteiger partial charge on any atom is -0.381 e. The molecule has 2 heterocycles. The van der Waals surface area contributed by atoms with Crippen LogP contribution in [0.5, 0.6) is 0 Å². The van der Waals surface area contributed by atoms with E-state index < -0.39 is 11.6 Å². The van der Waals surface area contributed by atoms with Crippen molar-refractivity contribution in [3.05, 3.63) is 47.1 Å². The third-order valence-electron chi connectivity index (χ3n) is 3.57. The molecule has 2 aromatic rings. The topological polar surface area (TPSA) is 74.2 Å². The molecule has 0 amide bonds. The van der Waals surface area contributed by atoms with Crippen LogP contribution in [0.25, 0.3) is 0 Å². The molecule has 2 N–H and O–H groups in total. The van der Waals surface area contributed by atoms with Crippen molar-refractivity contribution in [2.24, 2.45) is 5.73 Å².